The van der Waals surface area contributed by atoms with Gasteiger partial charge in [0.15, 0.2) is 0 Å². The molecular weight excluding hydrogens is 152 g/mol. The third kappa shape index (κ3) is 2.83. The summed E-state index contributed by atoms with van der Waals surface area (Å²) in [6.07, 6.45) is 2.50. The van der Waals surface area contributed by atoms with Gasteiger partial charge in [-0.15, -0.1) is 0 Å². The lowest BCUT2D eigenvalue weighted by Gasteiger charge is -2.06. The van der Waals surface area contributed by atoms with Crippen LogP contribution >= 0.6 is 21.6 Å². The van der Waals surface area contributed by atoms with Crippen molar-refractivity contribution in [2.24, 2.45) is 5.92 Å². The summed E-state index contributed by atoms with van der Waals surface area (Å²) >= 11 is 0. The highest BCUT2D eigenvalue weighted by molar-refractivity contribution is 8.76. The predicted molar refractivity (Wildman–Crippen MR) is 44.7 cm³/mol. The van der Waals surface area contributed by atoms with E-state index in [4.69, 9.17) is 5.11 Å². The molecule has 1 atom stereocenters. The van der Waals surface area contributed by atoms with Gasteiger partial charge in [0.2, 0.25) is 0 Å². The molecule has 1 N–H and O–H groups in total. The van der Waals surface area contributed by atoms with Gasteiger partial charge in [0.25, 0.3) is 0 Å². The quantitative estimate of drug-likeness (QED) is 0.596. The average Bonchev–Trinajstić information content (AvgIpc) is 2.13. The molecule has 3 heteroatoms. The highest BCUT2D eigenvalue weighted by Gasteiger charge is 2.10. The monoisotopic (exact) mass is 164 g/mol. The molecule has 0 bridgehead atoms. The molecule has 0 aromatic heterocycles. The van der Waals surface area contributed by atoms with Crippen molar-refractivity contribution in [2.75, 3.05) is 18.1 Å². The second-order valence-electron chi connectivity index (χ2n) is 2.30. The lowest BCUT2D eigenvalue weighted by atomic mass is 10.1. The van der Waals surface area contributed by atoms with Crippen LogP contribution in [0.5, 0.6) is 0 Å². The van der Waals surface area contributed by atoms with E-state index in [0.29, 0.717) is 12.5 Å². The summed E-state index contributed by atoms with van der Waals surface area (Å²) in [4.78, 5) is 0. The third-order valence-corrected chi connectivity index (χ3v) is 4.12. The fraction of sp³-hybridized carbons (Fsp3) is 1.00. The fourth-order valence-corrected chi connectivity index (χ4v) is 3.40. The van der Waals surface area contributed by atoms with Crippen LogP contribution in [0.3, 0.4) is 0 Å². The van der Waals surface area contributed by atoms with Crippen LogP contribution in [-0.2, 0) is 0 Å². The second-order valence-corrected chi connectivity index (χ2v) is 4.92. The normalized spacial score (nSPS) is 29.7. The highest BCUT2D eigenvalue weighted by Crippen LogP contribution is 2.30. The van der Waals surface area contributed by atoms with Gasteiger partial charge < -0.3 is 5.11 Å². The summed E-state index contributed by atoms with van der Waals surface area (Å²) in [6, 6.07) is 0. The molecule has 1 saturated heterocycles. The van der Waals surface area contributed by atoms with Crippen molar-refractivity contribution in [1.82, 2.24) is 0 Å². The molecule has 1 aliphatic heterocycles. The molecule has 1 unspecified atom stereocenters. The molecule has 1 fully saturated rings. The Morgan fingerprint density at radius 1 is 1.44 bits per heavy atom. The van der Waals surface area contributed by atoms with Crippen LogP contribution < -0.4 is 0 Å². The van der Waals surface area contributed by atoms with E-state index in [1.54, 1.807) is 0 Å². The van der Waals surface area contributed by atoms with E-state index >= 15 is 0 Å². The number of aliphatic hydroxyl groups is 1. The molecule has 0 amide bonds. The van der Waals surface area contributed by atoms with Crippen LogP contribution in [0.15, 0.2) is 0 Å². The van der Waals surface area contributed by atoms with E-state index in [-0.39, 0.29) is 0 Å². The van der Waals surface area contributed by atoms with E-state index in [0.717, 1.165) is 5.75 Å². The molecule has 0 saturated carbocycles. The lowest BCUT2D eigenvalue weighted by molar-refractivity contribution is 0.233. The van der Waals surface area contributed by atoms with Gasteiger partial charge in [0.05, 0.1) is 0 Å². The van der Waals surface area contributed by atoms with Crippen LogP contribution in [-0.4, -0.2) is 23.2 Å². The lowest BCUT2D eigenvalue weighted by Crippen LogP contribution is -2.06. The average molecular weight is 164 g/mol. The molecule has 54 valence electrons. The fourth-order valence-electron chi connectivity index (χ4n) is 0.862. The Hall–Kier alpha value is 0.660. The van der Waals surface area contributed by atoms with Gasteiger partial charge >= 0.3 is 0 Å². The van der Waals surface area contributed by atoms with Gasteiger partial charge in [-0.1, -0.05) is 21.6 Å². The SMILES string of the molecule is OCC1CCCSSC1. The maximum atomic E-state index is 8.79. The standard InChI is InChI=1S/C6H12OS2/c7-4-6-2-1-3-8-9-5-6/h6-7H,1-5H2. The second kappa shape index (κ2) is 4.47. The molecule has 9 heavy (non-hydrogen) atoms. The summed E-state index contributed by atoms with van der Waals surface area (Å²) < 4.78 is 0. The van der Waals surface area contributed by atoms with Crippen molar-refractivity contribution in [3.05, 3.63) is 0 Å². The minimum Gasteiger partial charge on any atom is -0.396 e. The molecule has 0 aromatic rings. The first kappa shape index (κ1) is 7.76. The molecule has 1 heterocycles. The van der Waals surface area contributed by atoms with E-state index in [1.807, 2.05) is 21.6 Å². The smallest absolute Gasteiger partial charge is 0.0467 e. The Bertz CT molecular complexity index is 69.5. The zero-order chi connectivity index (χ0) is 6.53. The van der Waals surface area contributed by atoms with E-state index < -0.39 is 0 Å². The van der Waals surface area contributed by atoms with Crippen molar-refractivity contribution in [1.29, 1.82) is 0 Å². The zero-order valence-electron chi connectivity index (χ0n) is 5.38. The summed E-state index contributed by atoms with van der Waals surface area (Å²) in [5.41, 5.74) is 0. The zero-order valence-corrected chi connectivity index (χ0v) is 7.01. The maximum absolute atomic E-state index is 8.79. The Morgan fingerprint density at radius 2 is 2.33 bits per heavy atom. The number of rotatable bonds is 1. The van der Waals surface area contributed by atoms with E-state index in [9.17, 15) is 0 Å². The van der Waals surface area contributed by atoms with Gasteiger partial charge in [-0.05, 0) is 18.8 Å². The minimum atomic E-state index is 0.383. The van der Waals surface area contributed by atoms with Gasteiger partial charge in [-0.25, -0.2) is 0 Å². The number of hydrogen-bond donors (Lipinski definition) is 1. The van der Waals surface area contributed by atoms with Gasteiger partial charge in [-0.2, -0.15) is 0 Å². The van der Waals surface area contributed by atoms with Crippen molar-refractivity contribution < 1.29 is 5.11 Å². The first-order valence-corrected chi connectivity index (χ1v) is 5.77. The molecular formula is C6H12OS2. The summed E-state index contributed by atoms with van der Waals surface area (Å²) in [6.45, 7) is 0.383. The molecule has 1 aliphatic rings. The molecule has 0 aromatic carbocycles. The summed E-state index contributed by atoms with van der Waals surface area (Å²) in [7, 11) is 3.85. The van der Waals surface area contributed by atoms with E-state index in [1.165, 1.54) is 18.6 Å². The van der Waals surface area contributed by atoms with Crippen molar-refractivity contribution in [2.45, 2.75) is 12.8 Å². The Morgan fingerprint density at radius 3 is 3.11 bits per heavy atom. The first-order chi connectivity index (χ1) is 4.43. The van der Waals surface area contributed by atoms with Crippen LogP contribution in [0.25, 0.3) is 0 Å². The molecule has 1 rings (SSSR count). The van der Waals surface area contributed by atoms with Gasteiger partial charge in [0.1, 0.15) is 0 Å². The van der Waals surface area contributed by atoms with Crippen molar-refractivity contribution >= 4 is 21.6 Å². The topological polar surface area (TPSA) is 20.2 Å². The Kier molecular flexibility index (Phi) is 3.86. The highest BCUT2D eigenvalue weighted by atomic mass is 33.1. The molecule has 0 radical (unpaired) electrons. The Balaban J connectivity index is 2.18. The van der Waals surface area contributed by atoms with Crippen LogP contribution in [0.2, 0.25) is 0 Å². The third-order valence-electron chi connectivity index (χ3n) is 1.49. The molecule has 0 aliphatic carbocycles. The summed E-state index contributed by atoms with van der Waals surface area (Å²) in [5, 5.41) is 8.79. The van der Waals surface area contributed by atoms with Gasteiger partial charge in [0, 0.05) is 18.1 Å². The number of hydrogen-bond acceptors (Lipinski definition) is 3. The molecule has 1 nitrogen and oxygen atoms in total. The maximum Gasteiger partial charge on any atom is 0.0467 e. The first-order valence-electron chi connectivity index (χ1n) is 3.28. The van der Waals surface area contributed by atoms with Gasteiger partial charge in [-0.3, -0.25) is 0 Å². The molecule has 0 spiro atoms. The Labute approximate surface area is 64.0 Å². The largest absolute Gasteiger partial charge is 0.396 e. The van der Waals surface area contributed by atoms with E-state index in [2.05, 4.69) is 0 Å². The van der Waals surface area contributed by atoms with Crippen LogP contribution in [0.4, 0.5) is 0 Å². The number of aliphatic hydroxyl groups excluding tert-OH is 1. The minimum absolute atomic E-state index is 0.383. The predicted octanol–water partition coefficient (Wildman–Crippen LogP) is 1.77. The van der Waals surface area contributed by atoms with Crippen molar-refractivity contribution in [3.63, 3.8) is 0 Å². The van der Waals surface area contributed by atoms with Crippen LogP contribution in [0, 0.1) is 5.92 Å². The van der Waals surface area contributed by atoms with Crippen molar-refractivity contribution in [3.8, 4) is 0 Å². The van der Waals surface area contributed by atoms with Crippen LogP contribution in [0.1, 0.15) is 12.8 Å². The summed E-state index contributed by atoms with van der Waals surface area (Å²) in [5.74, 6) is 2.98.